The number of nitrogens with zero attached hydrogens (tertiary/aromatic N) is 5. The summed E-state index contributed by atoms with van der Waals surface area (Å²) in [4.78, 5) is 29.6. The largest absolute Gasteiger partial charge is 0.494 e. The Hall–Kier alpha value is -4.02. The van der Waals surface area contributed by atoms with Crippen molar-refractivity contribution >= 4 is 29.0 Å². The third-order valence-electron chi connectivity index (χ3n) is 6.10. The average molecular weight is 452 g/mol. The number of carbonyl (C=O) groups excluding carboxylic acids is 2. The van der Waals surface area contributed by atoms with E-state index in [2.05, 4.69) is 30.9 Å². The van der Waals surface area contributed by atoms with Crippen molar-refractivity contribution in [2.24, 2.45) is 18.4 Å². The monoisotopic (exact) mass is 451 g/mol. The van der Waals surface area contributed by atoms with Gasteiger partial charge in [0.05, 0.1) is 24.0 Å². The average Bonchev–Trinajstić information content (AvgIpc) is 3.71. The van der Waals surface area contributed by atoms with Gasteiger partial charge in [-0.3, -0.25) is 14.3 Å². The topological polar surface area (TPSA) is 136 Å². The Morgan fingerprint density at radius 3 is 2.79 bits per heavy atom. The lowest BCUT2D eigenvalue weighted by atomic mass is 10.1. The van der Waals surface area contributed by atoms with Crippen LogP contribution in [0.5, 0.6) is 5.75 Å². The molecule has 11 nitrogen and oxygen atoms in total. The molecule has 2 aliphatic carbocycles. The quantitative estimate of drug-likeness (QED) is 0.497. The zero-order chi connectivity index (χ0) is 25.7. The molecule has 1 spiro atoms. The number of nitrogens with one attached hydrogen (secondary N) is 3. The van der Waals surface area contributed by atoms with Gasteiger partial charge in [-0.25, -0.2) is 4.98 Å². The van der Waals surface area contributed by atoms with Crippen LogP contribution in [0.2, 0.25) is 0 Å². The first-order chi connectivity index (χ1) is 17.1. The molecule has 1 unspecified atom stereocenters. The van der Waals surface area contributed by atoms with E-state index in [1.54, 1.807) is 36.3 Å². The minimum absolute atomic E-state index is 0.0445. The van der Waals surface area contributed by atoms with Gasteiger partial charge in [0, 0.05) is 30.1 Å². The molecule has 0 radical (unpaired) electrons. The number of hydrogen-bond acceptors (Lipinski definition) is 8. The van der Waals surface area contributed by atoms with Crippen LogP contribution in [0, 0.1) is 11.3 Å². The van der Waals surface area contributed by atoms with E-state index in [4.69, 9.17) is 8.85 Å². The molecule has 2 aromatic heterocycles. The van der Waals surface area contributed by atoms with Gasteiger partial charge in [0.1, 0.15) is 6.33 Å². The van der Waals surface area contributed by atoms with E-state index in [0.29, 0.717) is 22.8 Å². The van der Waals surface area contributed by atoms with Crippen LogP contribution in [0.3, 0.4) is 0 Å². The molecule has 2 amide bonds. The SMILES string of the molecule is [2H]C([2H])([2H])NC(=O)c1nnc(NC(=O)C2CC23CC3)cc1Nc1cccc(-c2ncn(C)n2)c1OC. The lowest BCUT2D eigenvalue weighted by molar-refractivity contribution is -0.117. The first-order valence-electron chi connectivity index (χ1n) is 11.9. The first-order valence-corrected chi connectivity index (χ1v) is 10.4. The number of rotatable bonds is 7. The molecule has 0 aliphatic heterocycles. The van der Waals surface area contributed by atoms with Crippen molar-refractivity contribution < 1.29 is 18.4 Å². The van der Waals surface area contributed by atoms with E-state index < -0.39 is 12.9 Å². The summed E-state index contributed by atoms with van der Waals surface area (Å²) in [5.41, 5.74) is 1.05. The molecule has 2 fully saturated rings. The molecule has 2 saturated carbocycles. The fourth-order valence-electron chi connectivity index (χ4n) is 4.06. The number of hydrogen-bond donors (Lipinski definition) is 3. The smallest absolute Gasteiger partial charge is 0.273 e. The van der Waals surface area contributed by atoms with E-state index >= 15 is 0 Å². The molecule has 3 aromatic rings. The van der Waals surface area contributed by atoms with Crippen LogP contribution in [0.25, 0.3) is 11.4 Å². The minimum Gasteiger partial charge on any atom is -0.494 e. The van der Waals surface area contributed by atoms with E-state index in [1.165, 1.54) is 13.2 Å². The highest BCUT2D eigenvalue weighted by Crippen LogP contribution is 2.70. The van der Waals surface area contributed by atoms with Crippen molar-refractivity contribution in [1.82, 2.24) is 30.3 Å². The number of amides is 2. The lowest BCUT2D eigenvalue weighted by Gasteiger charge is -2.16. The summed E-state index contributed by atoms with van der Waals surface area (Å²) in [5.74, 6) is -0.189. The van der Waals surface area contributed by atoms with Crippen LogP contribution in [-0.2, 0) is 11.8 Å². The Morgan fingerprint density at radius 2 is 2.12 bits per heavy atom. The number of methoxy groups -OCH3 is 1. The molecule has 5 rings (SSSR count). The normalized spacial score (nSPS) is 19.1. The second-order valence-corrected chi connectivity index (χ2v) is 8.31. The highest BCUT2D eigenvalue weighted by Gasteiger charge is 2.65. The Morgan fingerprint density at radius 1 is 1.27 bits per heavy atom. The van der Waals surface area contributed by atoms with Crippen LogP contribution >= 0.6 is 0 Å². The van der Waals surface area contributed by atoms with Crippen molar-refractivity contribution in [1.29, 1.82) is 0 Å². The van der Waals surface area contributed by atoms with Gasteiger partial charge < -0.3 is 20.7 Å². The number of para-hydroxylation sites is 1. The molecule has 1 atom stereocenters. The van der Waals surface area contributed by atoms with E-state index in [0.717, 1.165) is 19.3 Å². The van der Waals surface area contributed by atoms with Gasteiger partial charge in [-0.15, -0.1) is 10.2 Å². The molecule has 2 heterocycles. The van der Waals surface area contributed by atoms with Gasteiger partial charge in [0.15, 0.2) is 23.1 Å². The van der Waals surface area contributed by atoms with Crippen molar-refractivity contribution in [3.63, 3.8) is 0 Å². The zero-order valence-corrected chi connectivity index (χ0v) is 18.0. The van der Waals surface area contributed by atoms with Crippen molar-refractivity contribution in [3.05, 3.63) is 36.3 Å². The first kappa shape index (κ1) is 17.5. The number of aryl methyl sites for hydroxylation is 1. The standard InChI is InChI=1S/C22H24N8O3/c1-23-21(32)17-15(9-16(27-28-17)26-20(31)13-10-22(13)7-8-22)25-14-6-4-5-12(18(14)33-3)19-24-11-30(2)29-19/h4-6,9,11,13H,7-8,10H2,1-3H3,(H,23,32)(H2,25,26,27,31)/i1D3. The Bertz CT molecular complexity index is 1350. The fourth-order valence-corrected chi connectivity index (χ4v) is 4.06. The number of carbonyl (C=O) groups is 2. The van der Waals surface area contributed by atoms with Crippen LogP contribution in [0.15, 0.2) is 30.6 Å². The van der Waals surface area contributed by atoms with Crippen LogP contribution in [0.4, 0.5) is 17.2 Å². The number of benzene rings is 1. The molecule has 2 aliphatic rings. The molecule has 0 bridgehead atoms. The second-order valence-electron chi connectivity index (χ2n) is 8.31. The van der Waals surface area contributed by atoms with Crippen molar-refractivity contribution in [2.75, 3.05) is 24.7 Å². The van der Waals surface area contributed by atoms with E-state index in [9.17, 15) is 9.59 Å². The summed E-state index contributed by atoms with van der Waals surface area (Å²) in [7, 11) is 3.22. The van der Waals surface area contributed by atoms with Gasteiger partial charge in [0.25, 0.3) is 5.91 Å². The van der Waals surface area contributed by atoms with Crippen LogP contribution in [0.1, 0.15) is 33.9 Å². The summed E-state index contributed by atoms with van der Waals surface area (Å²) in [6, 6.07) is 6.67. The fraction of sp³-hybridized carbons (Fsp3) is 0.364. The number of anilines is 3. The number of ether oxygens (including phenoxy) is 1. The molecule has 11 heteroatoms. The van der Waals surface area contributed by atoms with Gasteiger partial charge >= 0.3 is 0 Å². The maximum atomic E-state index is 12.7. The maximum Gasteiger partial charge on any atom is 0.273 e. The molecule has 170 valence electrons. The molecule has 1 aromatic carbocycles. The Labute approximate surface area is 194 Å². The Kier molecular flexibility index (Phi) is 4.16. The third-order valence-corrected chi connectivity index (χ3v) is 6.10. The van der Waals surface area contributed by atoms with E-state index in [1.807, 2.05) is 5.32 Å². The highest BCUT2D eigenvalue weighted by atomic mass is 16.5. The summed E-state index contributed by atoms with van der Waals surface area (Å²) < 4.78 is 29.3. The summed E-state index contributed by atoms with van der Waals surface area (Å²) in [6.07, 6.45) is 4.53. The van der Waals surface area contributed by atoms with Gasteiger partial charge in [-0.2, -0.15) is 5.10 Å². The van der Waals surface area contributed by atoms with Gasteiger partial charge in [-0.05, 0) is 36.8 Å². The van der Waals surface area contributed by atoms with Crippen molar-refractivity contribution in [3.8, 4) is 17.1 Å². The summed E-state index contributed by atoms with van der Waals surface area (Å²) in [5, 5.41) is 19.9. The maximum absolute atomic E-state index is 12.7. The van der Waals surface area contributed by atoms with E-state index in [-0.39, 0.29) is 34.4 Å². The highest BCUT2D eigenvalue weighted by molar-refractivity contribution is 6.00. The Balaban J connectivity index is 1.48. The predicted octanol–water partition coefficient (Wildman–Crippen LogP) is 2.12. The predicted molar refractivity (Wildman–Crippen MR) is 120 cm³/mol. The third kappa shape index (κ3) is 3.86. The zero-order valence-electron chi connectivity index (χ0n) is 21.0. The summed E-state index contributed by atoms with van der Waals surface area (Å²) >= 11 is 0. The second kappa shape index (κ2) is 7.84. The van der Waals surface area contributed by atoms with Crippen LogP contribution in [-0.4, -0.2) is 50.9 Å². The molecule has 0 saturated heterocycles. The van der Waals surface area contributed by atoms with Crippen LogP contribution < -0.4 is 20.7 Å². The molecular weight excluding hydrogens is 424 g/mol. The molecule has 33 heavy (non-hydrogen) atoms. The number of aromatic nitrogens is 5. The lowest BCUT2D eigenvalue weighted by Crippen LogP contribution is -2.22. The van der Waals surface area contributed by atoms with Crippen molar-refractivity contribution in [2.45, 2.75) is 19.3 Å². The summed E-state index contributed by atoms with van der Waals surface area (Å²) in [6.45, 7) is -2.73. The molecule has 3 N–H and O–H groups in total. The van der Waals surface area contributed by atoms with Gasteiger partial charge in [0.2, 0.25) is 5.91 Å². The van der Waals surface area contributed by atoms with Gasteiger partial charge in [-0.1, -0.05) is 6.07 Å². The minimum atomic E-state index is -2.73. The molecular formula is C22H24N8O3.